The van der Waals surface area contributed by atoms with Gasteiger partial charge in [-0.15, -0.1) is 12.4 Å². The molecule has 0 aromatic heterocycles. The van der Waals surface area contributed by atoms with Gasteiger partial charge in [-0.3, -0.25) is 4.79 Å². The first kappa shape index (κ1) is 18.8. The maximum Gasteiger partial charge on any atom is 0.223 e. The molecule has 2 aromatic carbocycles. The van der Waals surface area contributed by atoms with Crippen molar-refractivity contribution in [3.8, 4) is 5.75 Å². The summed E-state index contributed by atoms with van der Waals surface area (Å²) in [5.41, 5.74) is 3.81. The van der Waals surface area contributed by atoms with Gasteiger partial charge in [0, 0.05) is 24.1 Å². The lowest BCUT2D eigenvalue weighted by atomic mass is 10.1. The summed E-state index contributed by atoms with van der Waals surface area (Å²) in [4.78, 5) is 11.9. The zero-order chi connectivity index (χ0) is 16.1. The van der Waals surface area contributed by atoms with Crippen LogP contribution in [0.3, 0.4) is 0 Å². The summed E-state index contributed by atoms with van der Waals surface area (Å²) in [6.07, 6.45) is 0.346. The number of carbonyl (C=O) groups excluding carboxylic acids is 1. The molecule has 0 unspecified atom stereocenters. The molecule has 0 fully saturated rings. The average molecular weight is 412 g/mol. The van der Waals surface area contributed by atoms with Crippen molar-refractivity contribution in [2.45, 2.75) is 26.1 Å². The Morgan fingerprint density at radius 2 is 2.00 bits per heavy atom. The quantitative estimate of drug-likeness (QED) is 0.764. The van der Waals surface area contributed by atoms with Gasteiger partial charge in [0.05, 0.1) is 13.0 Å². The zero-order valence-corrected chi connectivity index (χ0v) is 15.6. The van der Waals surface area contributed by atoms with Crippen LogP contribution in [0.1, 0.15) is 23.1 Å². The van der Waals surface area contributed by atoms with E-state index in [9.17, 15) is 4.79 Å². The lowest BCUT2D eigenvalue weighted by Gasteiger charge is -2.08. The molecule has 128 valence electrons. The highest BCUT2D eigenvalue weighted by Crippen LogP contribution is 2.18. The average Bonchev–Trinajstić information content (AvgIpc) is 3.00. The van der Waals surface area contributed by atoms with E-state index in [0.717, 1.165) is 28.9 Å². The third-order valence-corrected chi connectivity index (χ3v) is 4.28. The smallest absolute Gasteiger partial charge is 0.223 e. The van der Waals surface area contributed by atoms with Crippen molar-refractivity contribution in [3.63, 3.8) is 0 Å². The molecular formula is C18H20BrClN2O2. The van der Waals surface area contributed by atoms with E-state index < -0.39 is 0 Å². The number of carbonyl (C=O) groups is 1. The molecule has 0 atom stereocenters. The van der Waals surface area contributed by atoms with Gasteiger partial charge in [0.2, 0.25) is 5.91 Å². The van der Waals surface area contributed by atoms with Gasteiger partial charge in [0.15, 0.2) is 0 Å². The number of ether oxygens (including phenoxy) is 1. The number of halogens is 2. The normalized spacial score (nSPS) is 12.2. The highest BCUT2D eigenvalue weighted by atomic mass is 79.9. The number of fused-ring (bicyclic) bond motifs is 1. The van der Waals surface area contributed by atoms with Crippen LogP contribution in [0.5, 0.6) is 5.75 Å². The minimum atomic E-state index is -0.00128. The van der Waals surface area contributed by atoms with E-state index in [1.807, 2.05) is 24.3 Å². The second-order valence-electron chi connectivity index (χ2n) is 5.54. The monoisotopic (exact) mass is 410 g/mol. The minimum Gasteiger partial charge on any atom is -0.493 e. The largest absolute Gasteiger partial charge is 0.493 e. The summed E-state index contributed by atoms with van der Waals surface area (Å²) < 4.78 is 6.53. The van der Waals surface area contributed by atoms with Crippen LogP contribution in [0, 0.1) is 0 Å². The Morgan fingerprint density at radius 3 is 2.83 bits per heavy atom. The fourth-order valence-electron chi connectivity index (χ4n) is 2.57. The number of benzene rings is 2. The fourth-order valence-corrected chi connectivity index (χ4v) is 2.94. The standard InChI is InChI=1S/C18H19BrN2O2.ClH/c19-16-2-1-3-17(9-16)23-7-6-18(22)21-10-13-4-5-14-11-20-12-15(14)8-13;/h1-5,8-9,20H,6-7,10-12H2,(H,21,22);1H. The molecule has 1 aliphatic rings. The number of hydrogen-bond acceptors (Lipinski definition) is 3. The van der Waals surface area contributed by atoms with E-state index in [4.69, 9.17) is 4.74 Å². The Labute approximate surface area is 156 Å². The highest BCUT2D eigenvalue weighted by Gasteiger charge is 2.10. The van der Waals surface area contributed by atoms with Gasteiger partial charge in [0.1, 0.15) is 5.75 Å². The van der Waals surface area contributed by atoms with E-state index in [2.05, 4.69) is 44.8 Å². The predicted molar refractivity (Wildman–Crippen MR) is 100 cm³/mol. The summed E-state index contributed by atoms with van der Waals surface area (Å²) in [5.74, 6) is 0.761. The van der Waals surface area contributed by atoms with Crippen molar-refractivity contribution in [2.24, 2.45) is 0 Å². The van der Waals surface area contributed by atoms with E-state index in [1.165, 1.54) is 11.1 Å². The molecule has 0 aliphatic carbocycles. The van der Waals surface area contributed by atoms with Crippen molar-refractivity contribution in [3.05, 3.63) is 63.6 Å². The Kier molecular flexibility index (Phi) is 7.09. The molecule has 2 N–H and O–H groups in total. The Bertz CT molecular complexity index is 709. The van der Waals surface area contributed by atoms with Crippen LogP contribution in [-0.2, 0) is 24.4 Å². The Balaban J connectivity index is 0.00000208. The molecule has 2 aromatic rings. The first-order valence-corrected chi connectivity index (χ1v) is 8.46. The molecule has 0 bridgehead atoms. The molecule has 0 saturated heterocycles. The van der Waals surface area contributed by atoms with Crippen molar-refractivity contribution in [1.82, 2.24) is 10.6 Å². The van der Waals surface area contributed by atoms with Crippen LogP contribution in [0.25, 0.3) is 0 Å². The van der Waals surface area contributed by atoms with Gasteiger partial charge in [-0.2, -0.15) is 0 Å². The summed E-state index contributed by atoms with van der Waals surface area (Å²) in [5, 5.41) is 6.26. The van der Waals surface area contributed by atoms with Gasteiger partial charge >= 0.3 is 0 Å². The van der Waals surface area contributed by atoms with Crippen molar-refractivity contribution in [1.29, 1.82) is 0 Å². The van der Waals surface area contributed by atoms with Crippen molar-refractivity contribution >= 4 is 34.2 Å². The molecule has 6 heteroatoms. The van der Waals surface area contributed by atoms with E-state index in [0.29, 0.717) is 19.6 Å². The van der Waals surface area contributed by atoms with Gasteiger partial charge < -0.3 is 15.4 Å². The van der Waals surface area contributed by atoms with Crippen LogP contribution in [-0.4, -0.2) is 12.5 Å². The molecular weight excluding hydrogens is 392 g/mol. The minimum absolute atomic E-state index is 0. The number of amides is 1. The van der Waals surface area contributed by atoms with Crippen LogP contribution in [0.4, 0.5) is 0 Å². The Morgan fingerprint density at radius 1 is 1.17 bits per heavy atom. The lowest BCUT2D eigenvalue weighted by Crippen LogP contribution is -2.24. The third kappa shape index (κ3) is 5.23. The molecule has 1 heterocycles. The lowest BCUT2D eigenvalue weighted by molar-refractivity contribution is -0.121. The van der Waals surface area contributed by atoms with Crippen molar-refractivity contribution in [2.75, 3.05) is 6.61 Å². The van der Waals surface area contributed by atoms with Gasteiger partial charge in [-0.1, -0.05) is 40.2 Å². The predicted octanol–water partition coefficient (Wildman–Crippen LogP) is 3.56. The third-order valence-electron chi connectivity index (χ3n) is 3.79. The number of hydrogen-bond donors (Lipinski definition) is 2. The molecule has 24 heavy (non-hydrogen) atoms. The van der Waals surface area contributed by atoms with Crippen molar-refractivity contribution < 1.29 is 9.53 Å². The van der Waals surface area contributed by atoms with E-state index in [-0.39, 0.29) is 18.3 Å². The molecule has 0 radical (unpaired) electrons. The second kappa shape index (κ2) is 9.06. The highest BCUT2D eigenvalue weighted by molar-refractivity contribution is 9.10. The van der Waals surface area contributed by atoms with Gasteiger partial charge in [-0.05, 0) is 34.9 Å². The molecule has 4 nitrogen and oxygen atoms in total. The van der Waals surface area contributed by atoms with Gasteiger partial charge in [-0.25, -0.2) is 0 Å². The van der Waals surface area contributed by atoms with Crippen LogP contribution in [0.2, 0.25) is 0 Å². The molecule has 1 amide bonds. The summed E-state index contributed by atoms with van der Waals surface area (Å²) in [6, 6.07) is 14.0. The summed E-state index contributed by atoms with van der Waals surface area (Å²) in [6.45, 7) is 2.78. The summed E-state index contributed by atoms with van der Waals surface area (Å²) in [7, 11) is 0. The fraction of sp³-hybridized carbons (Fsp3) is 0.278. The van der Waals surface area contributed by atoms with Crippen LogP contribution >= 0.6 is 28.3 Å². The Hall–Kier alpha value is -1.56. The first-order chi connectivity index (χ1) is 11.2. The number of nitrogens with one attached hydrogen (secondary N) is 2. The zero-order valence-electron chi connectivity index (χ0n) is 13.2. The molecule has 1 aliphatic heterocycles. The van der Waals surface area contributed by atoms with Gasteiger partial charge in [0.25, 0.3) is 0 Å². The molecule has 0 spiro atoms. The maximum atomic E-state index is 11.9. The molecule has 3 rings (SSSR count). The summed E-state index contributed by atoms with van der Waals surface area (Å²) >= 11 is 3.39. The van der Waals surface area contributed by atoms with E-state index in [1.54, 1.807) is 0 Å². The van der Waals surface area contributed by atoms with Crippen LogP contribution < -0.4 is 15.4 Å². The SMILES string of the molecule is Cl.O=C(CCOc1cccc(Br)c1)NCc1ccc2c(c1)CNC2. The topological polar surface area (TPSA) is 50.4 Å². The maximum absolute atomic E-state index is 11.9. The number of rotatable bonds is 6. The second-order valence-corrected chi connectivity index (χ2v) is 6.45. The molecule has 0 saturated carbocycles. The first-order valence-electron chi connectivity index (χ1n) is 7.67. The van der Waals surface area contributed by atoms with E-state index >= 15 is 0 Å². The van der Waals surface area contributed by atoms with Crippen LogP contribution in [0.15, 0.2) is 46.9 Å².